The monoisotopic (exact) mass is 277 g/mol. The van der Waals surface area contributed by atoms with Gasteiger partial charge in [0.05, 0.1) is 0 Å². The van der Waals surface area contributed by atoms with Gasteiger partial charge in [-0.05, 0) is 30.0 Å². The van der Waals surface area contributed by atoms with Crippen molar-refractivity contribution in [2.24, 2.45) is 0 Å². The Labute approximate surface area is 117 Å². The maximum absolute atomic E-state index is 5.79. The van der Waals surface area contributed by atoms with Crippen LogP contribution in [0.15, 0.2) is 30.3 Å². The van der Waals surface area contributed by atoms with Gasteiger partial charge in [-0.3, -0.25) is 0 Å². The van der Waals surface area contributed by atoms with Crippen molar-refractivity contribution in [2.45, 2.75) is 26.2 Å². The zero-order chi connectivity index (χ0) is 13.8. The van der Waals surface area contributed by atoms with Crippen molar-refractivity contribution in [3.05, 3.63) is 41.0 Å². The summed E-state index contributed by atoms with van der Waals surface area (Å²) < 4.78 is 5.59. The highest BCUT2D eigenvalue weighted by Gasteiger charge is 2.05. The fourth-order valence-corrected chi connectivity index (χ4v) is 1.87. The number of benzene rings is 1. The molecule has 1 aromatic heterocycles. The molecule has 0 saturated carbocycles. The summed E-state index contributed by atoms with van der Waals surface area (Å²) in [4.78, 5) is 7.74. The van der Waals surface area contributed by atoms with Crippen LogP contribution in [0, 0.1) is 0 Å². The lowest BCUT2D eigenvalue weighted by molar-refractivity contribution is 0.462. The van der Waals surface area contributed by atoms with Crippen LogP contribution in [0.3, 0.4) is 0 Å². The van der Waals surface area contributed by atoms with Crippen molar-refractivity contribution in [2.75, 3.05) is 5.73 Å². The van der Waals surface area contributed by atoms with E-state index in [0.717, 1.165) is 6.42 Å². The van der Waals surface area contributed by atoms with Gasteiger partial charge in [0.15, 0.2) is 0 Å². The first-order valence-corrected chi connectivity index (χ1v) is 6.54. The van der Waals surface area contributed by atoms with E-state index in [9.17, 15) is 0 Å². The molecule has 1 heterocycles. The molecule has 2 N–H and O–H groups in total. The quantitative estimate of drug-likeness (QED) is 0.858. The second-order valence-corrected chi connectivity index (χ2v) is 4.75. The fraction of sp³-hybridized carbons (Fsp3) is 0.286. The lowest BCUT2D eigenvalue weighted by Crippen LogP contribution is -1.97. The fourth-order valence-electron chi connectivity index (χ4n) is 1.69. The van der Waals surface area contributed by atoms with Gasteiger partial charge in [0, 0.05) is 6.07 Å². The smallest absolute Gasteiger partial charge is 0.225 e. The van der Waals surface area contributed by atoms with Crippen LogP contribution < -0.4 is 10.5 Å². The van der Waals surface area contributed by atoms with Crippen LogP contribution in [-0.2, 0) is 0 Å². The van der Waals surface area contributed by atoms with Crippen molar-refractivity contribution in [3.8, 4) is 11.6 Å². The predicted molar refractivity (Wildman–Crippen MR) is 76.7 cm³/mol. The Morgan fingerprint density at radius 1 is 1.26 bits per heavy atom. The minimum Gasteiger partial charge on any atom is -0.439 e. The third-order valence-electron chi connectivity index (χ3n) is 2.97. The van der Waals surface area contributed by atoms with Crippen LogP contribution in [0.25, 0.3) is 0 Å². The molecule has 0 bridgehead atoms. The summed E-state index contributed by atoms with van der Waals surface area (Å²) in [6.07, 6.45) is 1.11. The summed E-state index contributed by atoms with van der Waals surface area (Å²) in [5, 5.41) is 0.263. The highest BCUT2D eigenvalue weighted by atomic mass is 35.5. The van der Waals surface area contributed by atoms with E-state index in [4.69, 9.17) is 22.1 Å². The lowest BCUT2D eigenvalue weighted by atomic mass is 9.99. The summed E-state index contributed by atoms with van der Waals surface area (Å²) in [6, 6.07) is 9.45. The molecule has 0 aliphatic rings. The van der Waals surface area contributed by atoms with Gasteiger partial charge in [0.25, 0.3) is 0 Å². The molecule has 0 aliphatic carbocycles. The van der Waals surface area contributed by atoms with Crippen molar-refractivity contribution in [3.63, 3.8) is 0 Å². The van der Waals surface area contributed by atoms with E-state index in [0.29, 0.717) is 17.5 Å². The van der Waals surface area contributed by atoms with E-state index in [1.54, 1.807) is 0 Å². The molecule has 0 spiro atoms. The van der Waals surface area contributed by atoms with Gasteiger partial charge in [-0.15, -0.1) is 0 Å². The number of ether oxygens (including phenoxy) is 1. The summed E-state index contributed by atoms with van der Waals surface area (Å²) in [5.41, 5.74) is 6.80. The molecule has 4 nitrogen and oxygen atoms in total. The van der Waals surface area contributed by atoms with E-state index in [2.05, 4.69) is 35.9 Å². The molecule has 2 aromatic rings. The summed E-state index contributed by atoms with van der Waals surface area (Å²) in [6.45, 7) is 4.36. The molecule has 0 amide bonds. The Kier molecular flexibility index (Phi) is 4.22. The van der Waals surface area contributed by atoms with E-state index >= 15 is 0 Å². The molecule has 1 aromatic carbocycles. The zero-order valence-electron chi connectivity index (χ0n) is 10.9. The molecule has 0 fully saturated rings. The largest absolute Gasteiger partial charge is 0.439 e. The first kappa shape index (κ1) is 13.6. The lowest BCUT2D eigenvalue weighted by Gasteiger charge is -2.10. The number of nitrogens with two attached hydrogens (primary N) is 1. The minimum absolute atomic E-state index is 0.0960. The summed E-state index contributed by atoms with van der Waals surface area (Å²) in [7, 11) is 0. The zero-order valence-corrected chi connectivity index (χ0v) is 11.7. The second-order valence-electron chi connectivity index (χ2n) is 4.37. The third kappa shape index (κ3) is 3.58. The number of halogens is 1. The predicted octanol–water partition coefficient (Wildman–Crippen LogP) is 4.02. The number of nitrogen functional groups attached to an aromatic ring is 1. The second kappa shape index (κ2) is 5.89. The third-order valence-corrected chi connectivity index (χ3v) is 3.17. The van der Waals surface area contributed by atoms with Gasteiger partial charge in [-0.2, -0.15) is 4.98 Å². The van der Waals surface area contributed by atoms with Crippen LogP contribution in [0.1, 0.15) is 31.7 Å². The number of hydrogen-bond acceptors (Lipinski definition) is 4. The maximum atomic E-state index is 5.79. The average molecular weight is 278 g/mol. The molecule has 1 atom stereocenters. The van der Waals surface area contributed by atoms with Gasteiger partial charge < -0.3 is 10.5 Å². The highest BCUT2D eigenvalue weighted by molar-refractivity contribution is 6.29. The minimum atomic E-state index is 0.0960. The number of hydrogen-bond donors (Lipinski definition) is 1. The molecule has 0 saturated heterocycles. The topological polar surface area (TPSA) is 61.0 Å². The standard InChI is InChI=1S/C14H16ClN3O/c1-3-9(2)10-4-6-11(7-5-10)19-13-8-12(15)17-14(16)18-13/h4-9H,3H2,1-2H3,(H2,16,17,18). The first-order chi connectivity index (χ1) is 9.08. The van der Waals surface area contributed by atoms with Crippen LogP contribution >= 0.6 is 11.6 Å². The highest BCUT2D eigenvalue weighted by Crippen LogP contribution is 2.25. The summed E-state index contributed by atoms with van der Waals surface area (Å²) >= 11 is 5.79. The Hall–Kier alpha value is -1.81. The molecule has 5 heteroatoms. The van der Waals surface area contributed by atoms with Crippen LogP contribution in [0.5, 0.6) is 11.6 Å². The number of aromatic nitrogens is 2. The number of nitrogens with zero attached hydrogens (tertiary/aromatic N) is 2. The van der Waals surface area contributed by atoms with Gasteiger partial charge >= 0.3 is 0 Å². The van der Waals surface area contributed by atoms with E-state index in [1.807, 2.05) is 12.1 Å². The molecule has 2 rings (SSSR count). The van der Waals surface area contributed by atoms with Crippen LogP contribution in [0.2, 0.25) is 5.15 Å². The van der Waals surface area contributed by atoms with Crippen LogP contribution in [0.4, 0.5) is 5.95 Å². The molecular formula is C14H16ClN3O. The maximum Gasteiger partial charge on any atom is 0.225 e. The molecule has 19 heavy (non-hydrogen) atoms. The van der Waals surface area contributed by atoms with Gasteiger partial charge in [0.2, 0.25) is 11.8 Å². The van der Waals surface area contributed by atoms with Crippen molar-refractivity contribution >= 4 is 17.5 Å². The Morgan fingerprint density at radius 2 is 1.95 bits per heavy atom. The van der Waals surface area contributed by atoms with E-state index in [1.165, 1.54) is 11.6 Å². The van der Waals surface area contributed by atoms with Crippen molar-refractivity contribution < 1.29 is 4.74 Å². The van der Waals surface area contributed by atoms with E-state index < -0.39 is 0 Å². The Balaban J connectivity index is 2.15. The van der Waals surface area contributed by atoms with Crippen LogP contribution in [-0.4, -0.2) is 9.97 Å². The normalized spacial score (nSPS) is 12.2. The molecule has 100 valence electrons. The Bertz CT molecular complexity index is 537. The van der Waals surface area contributed by atoms with Crippen molar-refractivity contribution in [1.29, 1.82) is 0 Å². The molecule has 0 aliphatic heterocycles. The van der Waals surface area contributed by atoms with Gasteiger partial charge in [-0.25, -0.2) is 4.98 Å². The number of anilines is 1. The SMILES string of the molecule is CCC(C)c1ccc(Oc2cc(Cl)nc(N)n2)cc1. The number of rotatable bonds is 4. The van der Waals surface area contributed by atoms with Crippen molar-refractivity contribution in [1.82, 2.24) is 9.97 Å². The molecular weight excluding hydrogens is 262 g/mol. The molecule has 1 unspecified atom stereocenters. The van der Waals surface area contributed by atoms with Gasteiger partial charge in [0.1, 0.15) is 10.9 Å². The van der Waals surface area contributed by atoms with Gasteiger partial charge in [-0.1, -0.05) is 37.6 Å². The van der Waals surface area contributed by atoms with E-state index in [-0.39, 0.29) is 11.1 Å². The Morgan fingerprint density at radius 3 is 2.53 bits per heavy atom. The first-order valence-electron chi connectivity index (χ1n) is 6.16. The molecule has 0 radical (unpaired) electrons. The average Bonchev–Trinajstić information content (AvgIpc) is 2.37. The summed E-state index contributed by atoms with van der Waals surface area (Å²) in [5.74, 6) is 1.67.